The highest BCUT2D eigenvalue weighted by Gasteiger charge is 2.28. The first kappa shape index (κ1) is 88.1. The second kappa shape index (κ2) is 39.7. The van der Waals surface area contributed by atoms with Gasteiger partial charge in [-0.3, -0.25) is 27.6 Å². The van der Waals surface area contributed by atoms with Crippen molar-refractivity contribution >= 4 is 179 Å². The van der Waals surface area contributed by atoms with Crippen molar-refractivity contribution < 1.29 is 27.6 Å². The number of carbonyl (C=O) groups excluding carboxylic acids is 4. The van der Waals surface area contributed by atoms with Gasteiger partial charge in [-0.05, 0) is 149 Å². The molecule has 4 amide bonds. The van der Waals surface area contributed by atoms with Crippen molar-refractivity contribution in [3.63, 3.8) is 0 Å². The number of carbonyl (C=O) groups is 4. The molecule has 2 unspecified atom stereocenters. The minimum absolute atomic E-state index is 0.0485. The maximum Gasteiger partial charge on any atom is 0.228 e. The fourth-order valence-corrected chi connectivity index (χ4v) is 19.3. The van der Waals surface area contributed by atoms with E-state index in [0.717, 1.165) is 108 Å². The van der Waals surface area contributed by atoms with Crippen LogP contribution in [0.3, 0.4) is 0 Å². The molecule has 0 bridgehead atoms. The summed E-state index contributed by atoms with van der Waals surface area (Å²) >= 11 is 26.4. The van der Waals surface area contributed by atoms with Crippen LogP contribution in [-0.2, 0) is 58.0 Å². The smallest absolute Gasteiger partial charge is 0.228 e. The van der Waals surface area contributed by atoms with Crippen LogP contribution in [0, 0.1) is 0 Å². The van der Waals surface area contributed by atoms with Crippen molar-refractivity contribution in [2.24, 2.45) is 0 Å². The van der Waals surface area contributed by atoms with Gasteiger partial charge in [0.15, 0.2) is 22.6 Å². The molecule has 130 heavy (non-hydrogen) atoms. The van der Waals surface area contributed by atoms with Gasteiger partial charge in [0.1, 0.15) is 32.5 Å². The summed E-state index contributed by atoms with van der Waals surface area (Å²) < 4.78 is 33.7. The molecule has 5 fully saturated rings. The lowest BCUT2D eigenvalue weighted by atomic mass is 10.1. The van der Waals surface area contributed by atoms with Crippen LogP contribution in [0.2, 0.25) is 20.1 Å². The third-order valence-electron chi connectivity index (χ3n) is 21.5. The summed E-state index contributed by atoms with van der Waals surface area (Å²) in [6.07, 6.45) is 20.3. The highest BCUT2D eigenvalue weighted by atomic mass is 35.5. The molecule has 4 aliphatic heterocycles. The Labute approximate surface area is 776 Å². The monoisotopic (exact) mass is 1860 g/mol. The quantitative estimate of drug-likeness (QED) is 0.0260. The molecular weight excluding hydrogens is 1780 g/mol. The summed E-state index contributed by atoms with van der Waals surface area (Å²) in [5.41, 5.74) is 19.1. The van der Waals surface area contributed by atoms with Crippen LogP contribution in [-0.4, -0.2) is 96.5 Å². The Balaban J connectivity index is 0.000000122. The maximum absolute atomic E-state index is 13.4. The summed E-state index contributed by atoms with van der Waals surface area (Å²) in [7, 11) is -2.77. The number of amides is 4. The first-order valence-corrected chi connectivity index (χ1v) is 46.4. The van der Waals surface area contributed by atoms with Gasteiger partial charge < -0.3 is 37.2 Å². The summed E-state index contributed by atoms with van der Waals surface area (Å²) in [6, 6.07) is 67.4. The van der Waals surface area contributed by atoms with E-state index in [4.69, 9.17) is 66.3 Å². The molecule has 0 radical (unpaired) electrons. The van der Waals surface area contributed by atoms with Crippen molar-refractivity contribution in [1.82, 2.24) is 79.7 Å². The third kappa shape index (κ3) is 21.2. The van der Waals surface area contributed by atoms with E-state index >= 15 is 0 Å². The number of aromatic nitrogens is 12. The minimum Gasteiger partial charge on any atom is -0.367 e. The van der Waals surface area contributed by atoms with E-state index < -0.39 is 21.6 Å². The number of thioether (sulfide) groups is 1. The molecular formula is C98H81Cl4N19O6S3. The van der Waals surface area contributed by atoms with E-state index in [9.17, 15) is 27.6 Å². The average Bonchev–Trinajstić information content (AvgIpc) is 1.65. The molecule has 20 rings (SSSR count). The molecule has 2 atom stereocenters. The van der Waals surface area contributed by atoms with E-state index in [-0.39, 0.29) is 36.5 Å². The van der Waals surface area contributed by atoms with E-state index in [0.29, 0.717) is 129 Å². The van der Waals surface area contributed by atoms with Gasteiger partial charge in [-0.25, -0.2) is 33.5 Å². The van der Waals surface area contributed by atoms with E-state index in [1.807, 2.05) is 203 Å². The van der Waals surface area contributed by atoms with Crippen molar-refractivity contribution in [1.29, 1.82) is 0 Å². The number of fused-ring (bicyclic) bond motifs is 4. The number of hydrogen-bond donors (Lipinski definition) is 7. The fraction of sp³-hybridized carbons (Fsp3) is 0.122. The molecule has 8 aromatic heterocycles. The highest BCUT2D eigenvalue weighted by molar-refractivity contribution is 7.98. The number of halogens is 4. The Morgan fingerprint density at radius 3 is 1.18 bits per heavy atom. The molecule has 25 nitrogen and oxygen atoms in total. The van der Waals surface area contributed by atoms with Gasteiger partial charge in [0.25, 0.3) is 0 Å². The van der Waals surface area contributed by atoms with Crippen LogP contribution in [0.15, 0.2) is 324 Å². The lowest BCUT2D eigenvalue weighted by molar-refractivity contribution is -0.119. The number of rotatable bonds is 21. The van der Waals surface area contributed by atoms with Crippen LogP contribution in [0.5, 0.6) is 0 Å². The Hall–Kier alpha value is -14.0. The zero-order valence-corrected chi connectivity index (χ0v) is 75.0. The second-order valence-electron chi connectivity index (χ2n) is 30.9. The molecule has 7 aromatic carbocycles. The SMILES string of the molecule is C=C1NC(=O)C/C1=C\c1cnn2c(NC3CCCC3)cc(Nc3cccc(Cl)c3)nc12.C=C1NC(=O)C/C1=C\c1cnn2c(S(=O)Cc3ccccc3)cc(-c3cccc(Cl)c3)nc12.C=C1NC(=O)C/C1=C\c1cnn2c(S(=O)Cc3ccccc3)cc(Nc3cccc(Cl)c3)nc12.C=C1NC(=O)C/C1=C\c1cnn2c(SCc3ccccc3)cc(-c3cccc(Cl)c3)nc12. The first-order chi connectivity index (χ1) is 63.0. The van der Waals surface area contributed by atoms with Crippen LogP contribution in [0.25, 0.3) is 69.4 Å². The average molecular weight is 1860 g/mol. The topological polar surface area (TPSA) is 307 Å². The Kier molecular flexibility index (Phi) is 26.9. The van der Waals surface area contributed by atoms with Crippen LogP contribution < -0.4 is 37.2 Å². The lowest BCUT2D eigenvalue weighted by Gasteiger charge is -2.16. The van der Waals surface area contributed by atoms with E-state index in [1.54, 1.807) is 75.9 Å². The number of benzene rings is 7. The molecule has 4 saturated heterocycles. The normalized spacial score (nSPS) is 16.1. The molecule has 7 N–H and O–H groups in total. The number of nitrogens with zero attached hydrogens (tertiary/aromatic N) is 12. The summed E-state index contributed by atoms with van der Waals surface area (Å²) in [4.78, 5) is 66.2. The van der Waals surface area contributed by atoms with Crippen molar-refractivity contribution in [2.75, 3.05) is 16.0 Å². The van der Waals surface area contributed by atoms with E-state index in [1.165, 1.54) is 18.4 Å². The molecule has 1 aliphatic carbocycles. The number of allylic oxidation sites excluding steroid dienone is 4. The first-order valence-electron chi connectivity index (χ1n) is 41.2. The largest absolute Gasteiger partial charge is 0.367 e. The van der Waals surface area contributed by atoms with Crippen molar-refractivity contribution in [3.8, 4) is 22.5 Å². The van der Waals surface area contributed by atoms with Crippen molar-refractivity contribution in [2.45, 2.75) is 89.7 Å². The fourth-order valence-electron chi connectivity index (χ4n) is 15.1. The summed E-state index contributed by atoms with van der Waals surface area (Å²) in [5, 5.41) is 43.8. The second-order valence-corrected chi connectivity index (χ2v) is 36.5. The predicted molar refractivity (Wildman–Crippen MR) is 517 cm³/mol. The van der Waals surface area contributed by atoms with Crippen molar-refractivity contribution in [3.05, 3.63) is 368 Å². The molecule has 0 spiro atoms. The predicted octanol–water partition coefficient (Wildman–Crippen LogP) is 20.3. The maximum atomic E-state index is 13.4. The molecule has 32 heteroatoms. The van der Waals surface area contributed by atoms with Gasteiger partial charge in [0.2, 0.25) is 23.6 Å². The minimum atomic E-state index is -1.40. The van der Waals surface area contributed by atoms with Gasteiger partial charge in [-0.15, -0.1) is 11.8 Å². The third-order valence-corrected chi connectivity index (χ3v) is 26.2. The summed E-state index contributed by atoms with van der Waals surface area (Å²) in [5.74, 6) is 3.26. The lowest BCUT2D eigenvalue weighted by Crippen LogP contribution is -2.17. The van der Waals surface area contributed by atoms with Gasteiger partial charge in [-0.2, -0.15) is 24.9 Å². The van der Waals surface area contributed by atoms with Gasteiger partial charge >= 0.3 is 0 Å². The number of nitrogens with one attached hydrogen (secondary N) is 7. The zero-order chi connectivity index (χ0) is 90.1. The Morgan fingerprint density at radius 2 is 0.762 bits per heavy atom. The molecule has 12 heterocycles. The number of hydrogen-bond acceptors (Lipinski definition) is 18. The summed E-state index contributed by atoms with van der Waals surface area (Å²) in [6.45, 7) is 15.7. The highest BCUT2D eigenvalue weighted by Crippen LogP contribution is 2.37. The van der Waals surface area contributed by atoms with Gasteiger partial charge in [-0.1, -0.05) is 213 Å². The van der Waals surface area contributed by atoms with Gasteiger partial charge in [0.05, 0.1) is 95.0 Å². The van der Waals surface area contributed by atoms with Crippen LogP contribution in [0.1, 0.15) is 90.3 Å². The Bertz CT molecular complexity index is 7230. The number of anilines is 5. The molecule has 5 aliphatic rings. The zero-order valence-electron chi connectivity index (χ0n) is 69.6. The molecule has 15 aromatic rings. The Morgan fingerprint density at radius 1 is 0.400 bits per heavy atom. The standard InChI is InChI=1S/C25H20ClN5O2S.C25H19ClN4O2S.C25H19ClN4OS.C23H23ClN6O/c1-16-18(11-23(32)28-16)10-19-14-27-31-24(34(33)15-17-6-3-2-4-7-17)13-22(30-25(19)31)29-21-9-5-8-20(26)12-21;1-16-19(12-23(31)28-16)10-20-14-27-30-24(33(32)15-17-6-3-2-4-7-17)13-22(29-25(20)30)18-8-5-9-21(26)11-18;1-16-19(12-23(31)28-16)10-20-14-27-30-24(32-15-17-6-3-2-4-7-17)13-22(29-25(20)30)18-8-5-9-21(26)11-18;1-14-15(10-22(31)26-14)9-16-13-25-30-21(28-18-6-2-3-7-18)12-20(29-23(16)30)27-19-8-4-5-17(24)11-19/h2-10,12-14H,1,11,15H2,(H,28,32)(H,29,30);2-11,13-14H,1,12,15H2,(H,28,31);2-11,13-14H,1,12,15H2,(H,28,31);4-5,8-9,11-13,18,28H,1-3,6-7,10H2,(H,26,31)(H,27,29)/b18-10+;2*19-10+;15-9+. The van der Waals surface area contributed by atoms with Crippen LogP contribution >= 0.6 is 58.2 Å². The van der Waals surface area contributed by atoms with Crippen LogP contribution in [0.4, 0.5) is 28.8 Å². The molecule has 1 saturated carbocycles. The molecule has 650 valence electrons. The van der Waals surface area contributed by atoms with Gasteiger partial charge in [0, 0.05) is 112 Å². The van der Waals surface area contributed by atoms with E-state index in [2.05, 4.69) is 96.1 Å².